The van der Waals surface area contributed by atoms with Crippen molar-refractivity contribution in [2.24, 2.45) is 0 Å². The van der Waals surface area contributed by atoms with Crippen molar-refractivity contribution < 1.29 is 4.79 Å². The van der Waals surface area contributed by atoms with E-state index in [2.05, 4.69) is 24.4 Å². The summed E-state index contributed by atoms with van der Waals surface area (Å²) in [5.74, 6) is 0.613. The van der Waals surface area contributed by atoms with Crippen LogP contribution in [0.1, 0.15) is 22.1 Å². The SMILES string of the molecule is Cc1ccc([C@H]2CNC(=O)C2)s1. The van der Waals surface area contributed by atoms with E-state index in [1.54, 1.807) is 11.3 Å². The molecule has 1 atom stereocenters. The Morgan fingerprint density at radius 1 is 1.58 bits per heavy atom. The third kappa shape index (κ3) is 1.37. The van der Waals surface area contributed by atoms with E-state index in [0.29, 0.717) is 12.3 Å². The summed E-state index contributed by atoms with van der Waals surface area (Å²) < 4.78 is 0. The molecule has 0 aliphatic carbocycles. The monoisotopic (exact) mass is 181 g/mol. The zero-order valence-corrected chi connectivity index (χ0v) is 7.78. The maximum atomic E-state index is 10.9. The number of amides is 1. The van der Waals surface area contributed by atoms with Gasteiger partial charge in [0.1, 0.15) is 0 Å². The molecule has 1 aromatic heterocycles. The summed E-state index contributed by atoms with van der Waals surface area (Å²) in [7, 11) is 0. The first-order valence-corrected chi connectivity index (χ1v) is 4.90. The van der Waals surface area contributed by atoms with Crippen molar-refractivity contribution in [1.82, 2.24) is 5.32 Å². The zero-order valence-electron chi connectivity index (χ0n) is 6.96. The maximum absolute atomic E-state index is 10.9. The molecule has 2 nitrogen and oxygen atoms in total. The van der Waals surface area contributed by atoms with E-state index in [-0.39, 0.29) is 5.91 Å². The standard InChI is InChI=1S/C9H11NOS/c1-6-2-3-8(12-6)7-4-9(11)10-5-7/h2-3,7H,4-5H2,1H3,(H,10,11)/t7-/m1/s1. The van der Waals surface area contributed by atoms with Crippen LogP contribution in [0.5, 0.6) is 0 Å². The lowest BCUT2D eigenvalue weighted by molar-refractivity contribution is -0.119. The van der Waals surface area contributed by atoms with E-state index in [1.165, 1.54) is 9.75 Å². The summed E-state index contributed by atoms with van der Waals surface area (Å²) in [5, 5.41) is 2.85. The lowest BCUT2D eigenvalue weighted by Crippen LogP contribution is -2.13. The highest BCUT2D eigenvalue weighted by Crippen LogP contribution is 2.28. The summed E-state index contributed by atoms with van der Waals surface area (Å²) in [6, 6.07) is 4.24. The third-order valence-corrected chi connectivity index (χ3v) is 3.30. The van der Waals surface area contributed by atoms with Gasteiger partial charge in [-0.2, -0.15) is 0 Å². The summed E-state index contributed by atoms with van der Waals surface area (Å²) >= 11 is 1.79. The fraction of sp³-hybridized carbons (Fsp3) is 0.444. The molecule has 0 bridgehead atoms. The Labute approximate surface area is 75.6 Å². The van der Waals surface area contributed by atoms with Gasteiger partial charge in [-0.25, -0.2) is 0 Å². The Bertz CT molecular complexity index is 305. The number of hydrogen-bond acceptors (Lipinski definition) is 2. The molecule has 1 aliphatic heterocycles. The van der Waals surface area contributed by atoms with E-state index < -0.39 is 0 Å². The number of thiophene rings is 1. The molecule has 64 valence electrons. The molecule has 1 fully saturated rings. The second kappa shape index (κ2) is 2.90. The molecule has 0 unspecified atom stereocenters. The van der Waals surface area contributed by atoms with Crippen LogP contribution in [0.4, 0.5) is 0 Å². The number of hydrogen-bond donors (Lipinski definition) is 1. The maximum Gasteiger partial charge on any atom is 0.220 e. The van der Waals surface area contributed by atoms with E-state index >= 15 is 0 Å². The van der Waals surface area contributed by atoms with Crippen molar-refractivity contribution >= 4 is 17.2 Å². The number of aryl methyl sites for hydroxylation is 1. The third-order valence-electron chi connectivity index (χ3n) is 2.14. The largest absolute Gasteiger partial charge is 0.355 e. The highest BCUT2D eigenvalue weighted by atomic mass is 32.1. The molecule has 0 saturated carbocycles. The lowest BCUT2D eigenvalue weighted by atomic mass is 10.1. The van der Waals surface area contributed by atoms with Gasteiger partial charge in [0.25, 0.3) is 0 Å². The van der Waals surface area contributed by atoms with Gasteiger partial charge in [0, 0.05) is 28.6 Å². The van der Waals surface area contributed by atoms with Crippen molar-refractivity contribution in [3.8, 4) is 0 Å². The van der Waals surface area contributed by atoms with Crippen molar-refractivity contribution in [3.05, 3.63) is 21.9 Å². The minimum absolute atomic E-state index is 0.186. The molecule has 0 aromatic carbocycles. The van der Waals surface area contributed by atoms with Gasteiger partial charge < -0.3 is 5.32 Å². The predicted molar refractivity (Wildman–Crippen MR) is 49.4 cm³/mol. The molecule has 1 saturated heterocycles. The van der Waals surface area contributed by atoms with Gasteiger partial charge in [-0.15, -0.1) is 11.3 Å². The first kappa shape index (κ1) is 7.80. The number of nitrogens with one attached hydrogen (secondary N) is 1. The highest BCUT2D eigenvalue weighted by molar-refractivity contribution is 7.12. The molecule has 1 amide bonds. The van der Waals surface area contributed by atoms with Crippen LogP contribution in [0.2, 0.25) is 0 Å². The van der Waals surface area contributed by atoms with Crippen LogP contribution >= 0.6 is 11.3 Å². The topological polar surface area (TPSA) is 29.1 Å². The summed E-state index contributed by atoms with van der Waals surface area (Å²) in [6.45, 7) is 2.91. The van der Waals surface area contributed by atoms with Gasteiger partial charge in [-0.3, -0.25) is 4.79 Å². The van der Waals surface area contributed by atoms with Gasteiger partial charge in [0.05, 0.1) is 0 Å². The van der Waals surface area contributed by atoms with E-state index in [9.17, 15) is 4.79 Å². The van der Waals surface area contributed by atoms with E-state index in [0.717, 1.165) is 6.54 Å². The molecule has 12 heavy (non-hydrogen) atoms. The first-order valence-electron chi connectivity index (χ1n) is 4.09. The number of carbonyl (C=O) groups excluding carboxylic acids is 1. The molecule has 2 heterocycles. The van der Waals surface area contributed by atoms with Crippen LogP contribution < -0.4 is 5.32 Å². The van der Waals surface area contributed by atoms with E-state index in [4.69, 9.17) is 0 Å². The lowest BCUT2D eigenvalue weighted by Gasteiger charge is -2.01. The molecule has 1 aromatic rings. The Morgan fingerprint density at radius 2 is 2.42 bits per heavy atom. The molecule has 1 aliphatic rings. The minimum atomic E-state index is 0.186. The van der Waals surface area contributed by atoms with Crippen molar-refractivity contribution in [2.75, 3.05) is 6.54 Å². The van der Waals surface area contributed by atoms with Crippen LogP contribution in [0.25, 0.3) is 0 Å². The molecule has 1 N–H and O–H groups in total. The fourth-order valence-corrected chi connectivity index (χ4v) is 2.46. The number of rotatable bonds is 1. The van der Waals surface area contributed by atoms with Crippen LogP contribution in [0.15, 0.2) is 12.1 Å². The molecular weight excluding hydrogens is 170 g/mol. The normalized spacial score (nSPS) is 22.8. The highest BCUT2D eigenvalue weighted by Gasteiger charge is 2.23. The average molecular weight is 181 g/mol. The van der Waals surface area contributed by atoms with Crippen LogP contribution in [0, 0.1) is 6.92 Å². The predicted octanol–water partition coefficient (Wildman–Crippen LogP) is 1.66. The van der Waals surface area contributed by atoms with Gasteiger partial charge in [0.15, 0.2) is 0 Å². The molecule has 0 spiro atoms. The minimum Gasteiger partial charge on any atom is -0.355 e. The fourth-order valence-electron chi connectivity index (χ4n) is 1.48. The smallest absolute Gasteiger partial charge is 0.220 e. The van der Waals surface area contributed by atoms with Gasteiger partial charge >= 0.3 is 0 Å². The summed E-state index contributed by atoms with van der Waals surface area (Å²) in [5.41, 5.74) is 0. The summed E-state index contributed by atoms with van der Waals surface area (Å²) in [4.78, 5) is 13.6. The molecule has 0 radical (unpaired) electrons. The van der Waals surface area contributed by atoms with Gasteiger partial charge in [-0.1, -0.05) is 0 Å². The Morgan fingerprint density at radius 3 is 2.92 bits per heavy atom. The number of carbonyl (C=O) groups is 1. The van der Waals surface area contributed by atoms with Gasteiger partial charge in [0.2, 0.25) is 5.91 Å². The van der Waals surface area contributed by atoms with Crippen molar-refractivity contribution in [2.45, 2.75) is 19.3 Å². The second-order valence-corrected chi connectivity index (χ2v) is 4.47. The average Bonchev–Trinajstić information content (AvgIpc) is 2.58. The Hall–Kier alpha value is -0.830. The van der Waals surface area contributed by atoms with Crippen molar-refractivity contribution in [3.63, 3.8) is 0 Å². The Kier molecular flexibility index (Phi) is 1.89. The Balaban J connectivity index is 2.15. The van der Waals surface area contributed by atoms with Crippen molar-refractivity contribution in [1.29, 1.82) is 0 Å². The van der Waals surface area contributed by atoms with Crippen LogP contribution in [-0.2, 0) is 4.79 Å². The first-order chi connectivity index (χ1) is 5.75. The molecule has 2 rings (SSSR count). The van der Waals surface area contributed by atoms with Crippen LogP contribution in [-0.4, -0.2) is 12.5 Å². The van der Waals surface area contributed by atoms with Crippen LogP contribution in [0.3, 0.4) is 0 Å². The van der Waals surface area contributed by atoms with E-state index in [1.807, 2.05) is 0 Å². The molecule has 3 heteroatoms. The van der Waals surface area contributed by atoms with Gasteiger partial charge in [-0.05, 0) is 19.1 Å². The zero-order chi connectivity index (χ0) is 8.55. The second-order valence-electron chi connectivity index (χ2n) is 3.15. The quantitative estimate of drug-likeness (QED) is 0.701. The molecular formula is C9H11NOS. The summed E-state index contributed by atoms with van der Waals surface area (Å²) in [6.07, 6.45) is 0.667.